The summed E-state index contributed by atoms with van der Waals surface area (Å²) in [6, 6.07) is 10.5. The van der Waals surface area contributed by atoms with Crippen molar-refractivity contribution < 1.29 is 24.0 Å². The zero-order valence-electron chi connectivity index (χ0n) is 19.4. The molecule has 4 unspecified atom stereocenters. The van der Waals surface area contributed by atoms with Crippen LogP contribution < -0.4 is 9.47 Å². The van der Waals surface area contributed by atoms with Crippen LogP contribution in [-0.4, -0.2) is 34.6 Å². The van der Waals surface area contributed by atoms with Gasteiger partial charge in [0.15, 0.2) is 5.75 Å². The number of carbonyl (C=O) groups excluding carboxylic acids is 2. The van der Waals surface area contributed by atoms with Crippen LogP contribution in [0.25, 0.3) is 0 Å². The highest BCUT2D eigenvalue weighted by Gasteiger charge is 2.59. The molecule has 0 spiro atoms. The number of fused-ring (bicyclic) bond motifs is 5. The van der Waals surface area contributed by atoms with Gasteiger partial charge in [-0.1, -0.05) is 42.0 Å². The number of nitrogens with zero attached hydrogens (tertiary/aromatic N) is 3. The molecule has 2 amide bonds. The summed E-state index contributed by atoms with van der Waals surface area (Å²) in [4.78, 5) is 37.0. The number of amides is 2. The smallest absolute Gasteiger partial charge is 0.315 e. The van der Waals surface area contributed by atoms with Crippen molar-refractivity contribution in [2.24, 2.45) is 28.8 Å². The van der Waals surface area contributed by atoms with Crippen LogP contribution >= 0.6 is 0 Å². The van der Waals surface area contributed by atoms with Crippen molar-refractivity contribution in [1.29, 1.82) is 0 Å². The van der Waals surface area contributed by atoms with Crippen molar-refractivity contribution >= 4 is 23.7 Å². The Morgan fingerprint density at radius 2 is 1.74 bits per heavy atom. The third-order valence-corrected chi connectivity index (χ3v) is 6.83. The van der Waals surface area contributed by atoms with E-state index in [1.807, 2.05) is 43.3 Å². The third kappa shape index (κ3) is 4.07. The zero-order chi connectivity index (χ0) is 24.7. The summed E-state index contributed by atoms with van der Waals surface area (Å²) in [5.41, 5.74) is 1.99. The second kappa shape index (κ2) is 8.98. The molecule has 5 rings (SSSR count). The second-order valence-electron chi connectivity index (χ2n) is 9.06. The van der Waals surface area contributed by atoms with E-state index in [0.717, 1.165) is 22.6 Å². The molecule has 180 valence electrons. The summed E-state index contributed by atoms with van der Waals surface area (Å²) in [6.07, 6.45) is 6.14. The van der Waals surface area contributed by atoms with E-state index in [1.54, 1.807) is 13.0 Å². The fraction of sp³-hybridized carbons (Fsp3) is 0.346. The number of benzene rings is 2. The van der Waals surface area contributed by atoms with E-state index in [0.29, 0.717) is 5.56 Å². The lowest BCUT2D eigenvalue weighted by Gasteiger charge is -2.14. The summed E-state index contributed by atoms with van der Waals surface area (Å²) in [7, 11) is 0. The fourth-order valence-corrected chi connectivity index (χ4v) is 5.19. The Balaban J connectivity index is 1.41. The van der Waals surface area contributed by atoms with Crippen LogP contribution in [0.2, 0.25) is 0 Å². The van der Waals surface area contributed by atoms with E-state index in [1.165, 1.54) is 12.3 Å². The van der Waals surface area contributed by atoms with Gasteiger partial charge >= 0.3 is 5.69 Å². The number of carbonyl (C=O) groups is 2. The van der Waals surface area contributed by atoms with Gasteiger partial charge < -0.3 is 9.47 Å². The van der Waals surface area contributed by atoms with Gasteiger partial charge in [0.2, 0.25) is 5.75 Å². The van der Waals surface area contributed by atoms with Gasteiger partial charge in [0.25, 0.3) is 11.8 Å². The largest absolute Gasteiger partial charge is 0.490 e. The highest BCUT2D eigenvalue weighted by molar-refractivity contribution is 6.06. The Hall–Kier alpha value is -4.01. The number of nitro benzene ring substituents is 1. The Morgan fingerprint density at radius 3 is 2.34 bits per heavy atom. The number of ether oxygens (including phenoxy) is 2. The molecule has 1 aliphatic heterocycles. The molecule has 1 saturated carbocycles. The number of hydrogen-bond donors (Lipinski definition) is 0. The van der Waals surface area contributed by atoms with Crippen molar-refractivity contribution in [1.82, 2.24) is 5.01 Å². The monoisotopic (exact) mass is 475 g/mol. The van der Waals surface area contributed by atoms with Crippen LogP contribution in [0.4, 0.5) is 5.69 Å². The fourth-order valence-electron chi connectivity index (χ4n) is 5.19. The number of hydrogen-bond acceptors (Lipinski definition) is 7. The average molecular weight is 476 g/mol. The van der Waals surface area contributed by atoms with Crippen molar-refractivity contribution in [2.75, 3.05) is 6.61 Å². The van der Waals surface area contributed by atoms with Crippen LogP contribution in [0.5, 0.6) is 11.5 Å². The maximum atomic E-state index is 12.9. The molecular formula is C26H25N3O6. The first-order valence-electron chi connectivity index (χ1n) is 11.6. The maximum Gasteiger partial charge on any atom is 0.315 e. The van der Waals surface area contributed by atoms with Gasteiger partial charge in [-0.15, -0.1) is 0 Å². The number of hydrazone groups is 1. The van der Waals surface area contributed by atoms with E-state index in [-0.39, 0.29) is 65.9 Å². The van der Waals surface area contributed by atoms with Gasteiger partial charge in [-0.3, -0.25) is 19.7 Å². The molecule has 1 heterocycles. The van der Waals surface area contributed by atoms with Crippen LogP contribution in [0.3, 0.4) is 0 Å². The maximum absolute atomic E-state index is 12.9. The van der Waals surface area contributed by atoms with Crippen molar-refractivity contribution in [2.45, 2.75) is 26.9 Å². The summed E-state index contributed by atoms with van der Waals surface area (Å²) >= 11 is 0. The lowest BCUT2D eigenvalue weighted by Crippen LogP contribution is -2.28. The molecule has 2 bridgehead atoms. The predicted octanol–water partition coefficient (Wildman–Crippen LogP) is 4.02. The molecule has 35 heavy (non-hydrogen) atoms. The molecule has 4 atom stereocenters. The topological polar surface area (TPSA) is 111 Å². The van der Waals surface area contributed by atoms with Gasteiger partial charge in [-0.2, -0.15) is 10.1 Å². The number of allylic oxidation sites excluding steroid dienone is 2. The predicted molar refractivity (Wildman–Crippen MR) is 127 cm³/mol. The normalized spacial score (nSPS) is 24.5. The number of nitro groups is 1. The number of rotatable bonds is 8. The molecule has 2 aromatic rings. The summed E-state index contributed by atoms with van der Waals surface area (Å²) in [6.45, 7) is 4.13. The molecular weight excluding hydrogens is 450 g/mol. The molecule has 2 aromatic carbocycles. The first kappa shape index (κ1) is 22.8. The average Bonchev–Trinajstić information content (AvgIpc) is 3.52. The van der Waals surface area contributed by atoms with E-state index < -0.39 is 4.92 Å². The Bertz CT molecular complexity index is 1220. The summed E-state index contributed by atoms with van der Waals surface area (Å²) < 4.78 is 11.5. The minimum absolute atomic E-state index is 0.0140. The van der Waals surface area contributed by atoms with Crippen LogP contribution in [0, 0.1) is 40.7 Å². The number of imide groups is 1. The lowest BCUT2D eigenvalue weighted by molar-refractivity contribution is -0.386. The molecule has 2 aliphatic carbocycles. The lowest BCUT2D eigenvalue weighted by atomic mass is 9.85. The first-order valence-corrected chi connectivity index (χ1v) is 11.6. The second-order valence-corrected chi connectivity index (χ2v) is 9.06. The minimum Gasteiger partial charge on any atom is -0.490 e. The van der Waals surface area contributed by atoms with Gasteiger partial charge in [0, 0.05) is 11.6 Å². The highest BCUT2D eigenvalue weighted by atomic mass is 16.6. The van der Waals surface area contributed by atoms with Crippen LogP contribution in [0.1, 0.15) is 30.0 Å². The Kier molecular flexibility index (Phi) is 5.84. The molecule has 3 aliphatic rings. The van der Waals surface area contributed by atoms with Gasteiger partial charge in [-0.05, 0) is 43.7 Å². The third-order valence-electron chi connectivity index (χ3n) is 6.83. The molecule has 0 radical (unpaired) electrons. The summed E-state index contributed by atoms with van der Waals surface area (Å²) in [5, 5.41) is 16.9. The molecule has 1 saturated heterocycles. The summed E-state index contributed by atoms with van der Waals surface area (Å²) in [5.74, 6) is -0.986. The van der Waals surface area contributed by atoms with Gasteiger partial charge in [-0.25, -0.2) is 0 Å². The standard InChI is InChI=1S/C26H25N3O6/c1-3-34-21-11-17(10-20(29(32)33)24(21)35-14-16-6-4-15(2)5-7-16)13-27-28-25(30)22-18-8-9-19(12-18)23(22)26(28)31/h4-11,13,18-19,22-23H,3,12,14H2,1-2H3. The zero-order valence-corrected chi connectivity index (χ0v) is 19.4. The first-order chi connectivity index (χ1) is 16.9. The van der Waals surface area contributed by atoms with Crippen molar-refractivity contribution in [3.8, 4) is 11.5 Å². The van der Waals surface area contributed by atoms with Crippen LogP contribution in [-0.2, 0) is 16.2 Å². The number of aryl methyl sites for hydroxylation is 1. The highest BCUT2D eigenvalue weighted by Crippen LogP contribution is 2.52. The SMILES string of the molecule is CCOc1cc(C=NN2C(=O)C3C4C=CC(C4)C3C2=O)cc([N+](=O)[O-])c1OCc1ccc(C)cc1. The van der Waals surface area contributed by atoms with Gasteiger partial charge in [0.05, 0.1) is 29.6 Å². The van der Waals surface area contributed by atoms with E-state index >= 15 is 0 Å². The Labute approximate surface area is 202 Å². The molecule has 2 fully saturated rings. The van der Waals surface area contributed by atoms with E-state index in [2.05, 4.69) is 5.10 Å². The van der Waals surface area contributed by atoms with Crippen molar-refractivity contribution in [3.05, 3.63) is 75.4 Å². The molecule has 0 N–H and O–H groups in total. The van der Waals surface area contributed by atoms with E-state index in [9.17, 15) is 19.7 Å². The molecule has 9 heteroatoms. The Morgan fingerprint density at radius 1 is 1.09 bits per heavy atom. The van der Waals surface area contributed by atoms with Crippen LogP contribution in [0.15, 0.2) is 53.7 Å². The molecule has 0 aromatic heterocycles. The quantitative estimate of drug-likeness (QED) is 0.187. The van der Waals surface area contributed by atoms with Gasteiger partial charge in [0.1, 0.15) is 6.61 Å². The van der Waals surface area contributed by atoms with Crippen molar-refractivity contribution in [3.63, 3.8) is 0 Å². The minimum atomic E-state index is -0.551. The van der Waals surface area contributed by atoms with E-state index in [4.69, 9.17) is 9.47 Å². The molecule has 9 nitrogen and oxygen atoms in total.